The van der Waals surface area contributed by atoms with Gasteiger partial charge in [0.1, 0.15) is 27.7 Å². The molecule has 0 aliphatic carbocycles. The largest absolute Gasteiger partial charge is 0.450 e. The number of hydrazone groups is 1. The van der Waals surface area contributed by atoms with Crippen LogP contribution in [0.5, 0.6) is 0 Å². The van der Waals surface area contributed by atoms with Crippen molar-refractivity contribution in [2.24, 2.45) is 5.10 Å². The molecule has 2 aromatic carbocycles. The summed E-state index contributed by atoms with van der Waals surface area (Å²) in [6.45, 7) is 7.22. The van der Waals surface area contributed by atoms with Gasteiger partial charge in [-0.2, -0.15) is 5.10 Å². The Labute approximate surface area is 214 Å². The van der Waals surface area contributed by atoms with Crippen LogP contribution < -0.4 is 5.32 Å². The second-order valence-electron chi connectivity index (χ2n) is 9.42. The van der Waals surface area contributed by atoms with E-state index in [4.69, 9.17) is 9.47 Å². The highest BCUT2D eigenvalue weighted by Gasteiger charge is 2.49. The van der Waals surface area contributed by atoms with E-state index in [0.29, 0.717) is 12.8 Å². The molecule has 0 saturated carbocycles. The first-order valence-electron chi connectivity index (χ1n) is 11.6. The minimum atomic E-state index is -1.09. The predicted molar refractivity (Wildman–Crippen MR) is 135 cm³/mol. The molecular formula is C26H31F2N3O4S. The number of halogens is 2. The van der Waals surface area contributed by atoms with Crippen molar-refractivity contribution in [3.05, 3.63) is 71.3 Å². The van der Waals surface area contributed by atoms with Crippen LogP contribution in [0, 0.1) is 11.6 Å². The molecule has 1 aliphatic heterocycles. The van der Waals surface area contributed by atoms with Crippen LogP contribution in [0.3, 0.4) is 0 Å². The second-order valence-corrected chi connectivity index (χ2v) is 10.7. The number of nitrogens with one attached hydrogen (secondary N) is 1. The zero-order valence-corrected chi connectivity index (χ0v) is 21.8. The topological polar surface area (TPSA) is 80.2 Å². The standard InChI is InChI=1S/C26H31F2N3O4S/c1-17(34-5)23(32)31-26(18-10-7-6-8-11-18,14-9-15-35-24(33)29-25(2,3)4)36-22(30-31)20-16-19(27)12-13-21(20)28/h6-8,10-13,16-17H,9,14-15H2,1-5H3,(H,29,33)/t17-,26-/m0/s1. The number of carbonyl (C=O) groups excluding carboxylic acids is 2. The van der Waals surface area contributed by atoms with Crippen LogP contribution in [0.1, 0.15) is 51.7 Å². The Bertz CT molecular complexity index is 1120. The van der Waals surface area contributed by atoms with Crippen molar-refractivity contribution in [3.63, 3.8) is 0 Å². The van der Waals surface area contributed by atoms with E-state index >= 15 is 0 Å². The molecule has 36 heavy (non-hydrogen) atoms. The number of thioether (sulfide) groups is 1. The molecule has 0 radical (unpaired) electrons. The van der Waals surface area contributed by atoms with E-state index in [1.807, 2.05) is 51.1 Å². The van der Waals surface area contributed by atoms with Crippen molar-refractivity contribution < 1.29 is 27.8 Å². The molecule has 1 aliphatic rings. The Hall–Kier alpha value is -2.98. The van der Waals surface area contributed by atoms with E-state index in [-0.39, 0.29) is 17.2 Å². The van der Waals surface area contributed by atoms with E-state index in [1.165, 1.54) is 12.1 Å². The lowest BCUT2D eigenvalue weighted by atomic mass is 10.00. The summed E-state index contributed by atoms with van der Waals surface area (Å²) < 4.78 is 39.3. The lowest BCUT2D eigenvalue weighted by Crippen LogP contribution is -2.46. The lowest BCUT2D eigenvalue weighted by Gasteiger charge is -2.36. The SMILES string of the molecule is CO[C@@H](C)C(=O)N1N=C(c2cc(F)ccc2F)S[C@@]1(CCCOC(=O)NC(C)(C)C)c1ccccc1. The molecule has 0 bridgehead atoms. The minimum Gasteiger partial charge on any atom is -0.450 e. The summed E-state index contributed by atoms with van der Waals surface area (Å²) in [5, 5.41) is 8.66. The zero-order valence-electron chi connectivity index (χ0n) is 21.0. The molecular weight excluding hydrogens is 488 g/mol. The summed E-state index contributed by atoms with van der Waals surface area (Å²) >= 11 is 1.16. The van der Waals surface area contributed by atoms with Gasteiger partial charge >= 0.3 is 6.09 Å². The Kier molecular flexibility index (Phi) is 8.73. The van der Waals surface area contributed by atoms with Gasteiger partial charge in [0, 0.05) is 18.2 Å². The van der Waals surface area contributed by atoms with Crippen molar-refractivity contribution in [3.8, 4) is 0 Å². The fraction of sp³-hybridized carbons (Fsp3) is 0.423. The maximum Gasteiger partial charge on any atom is 0.407 e. The van der Waals surface area contributed by atoms with Crippen LogP contribution >= 0.6 is 11.8 Å². The third-order valence-electron chi connectivity index (χ3n) is 5.46. The van der Waals surface area contributed by atoms with E-state index < -0.39 is 40.1 Å². The van der Waals surface area contributed by atoms with Crippen LogP contribution in [0.2, 0.25) is 0 Å². The van der Waals surface area contributed by atoms with Crippen LogP contribution in [-0.2, 0) is 19.1 Å². The number of methoxy groups -OCH3 is 1. The van der Waals surface area contributed by atoms with Gasteiger partial charge in [-0.1, -0.05) is 42.1 Å². The van der Waals surface area contributed by atoms with Crippen molar-refractivity contribution >= 4 is 28.8 Å². The Morgan fingerprint density at radius 3 is 2.50 bits per heavy atom. The number of carbonyl (C=O) groups is 2. The van der Waals surface area contributed by atoms with Gasteiger partial charge < -0.3 is 14.8 Å². The molecule has 194 valence electrons. The predicted octanol–water partition coefficient (Wildman–Crippen LogP) is 5.39. The maximum atomic E-state index is 14.7. The Balaban J connectivity index is 1.96. The highest BCUT2D eigenvalue weighted by molar-refractivity contribution is 8.15. The number of rotatable bonds is 8. The van der Waals surface area contributed by atoms with Gasteiger partial charge in [-0.3, -0.25) is 4.79 Å². The third kappa shape index (κ3) is 6.41. The number of benzene rings is 2. The van der Waals surface area contributed by atoms with Gasteiger partial charge in [-0.15, -0.1) is 0 Å². The first-order valence-corrected chi connectivity index (χ1v) is 12.4. The maximum absolute atomic E-state index is 14.7. The first kappa shape index (κ1) is 27.6. The second kappa shape index (κ2) is 11.4. The van der Waals surface area contributed by atoms with Gasteiger partial charge in [0.25, 0.3) is 5.91 Å². The van der Waals surface area contributed by atoms with E-state index in [9.17, 15) is 18.4 Å². The number of alkyl carbamates (subject to hydrolysis) is 1. The van der Waals surface area contributed by atoms with Gasteiger partial charge in [0.05, 0.1) is 6.61 Å². The number of nitrogens with zero attached hydrogens (tertiary/aromatic N) is 2. The molecule has 1 heterocycles. The lowest BCUT2D eigenvalue weighted by molar-refractivity contribution is -0.144. The minimum absolute atomic E-state index is 0.0403. The molecule has 2 aromatic rings. The van der Waals surface area contributed by atoms with Crippen molar-refractivity contribution in [1.82, 2.24) is 10.3 Å². The fourth-order valence-corrected chi connectivity index (χ4v) is 5.09. The van der Waals surface area contributed by atoms with Crippen molar-refractivity contribution in [1.29, 1.82) is 0 Å². The number of hydrogen-bond donors (Lipinski definition) is 1. The van der Waals surface area contributed by atoms with Crippen molar-refractivity contribution in [2.45, 2.75) is 57.1 Å². The van der Waals surface area contributed by atoms with E-state index in [1.54, 1.807) is 6.92 Å². The molecule has 7 nitrogen and oxygen atoms in total. The molecule has 0 spiro atoms. The molecule has 2 amide bonds. The summed E-state index contributed by atoms with van der Waals surface area (Å²) in [6, 6.07) is 12.3. The molecule has 0 unspecified atom stereocenters. The molecule has 1 N–H and O–H groups in total. The first-order chi connectivity index (χ1) is 17.0. The number of ether oxygens (including phenoxy) is 2. The molecule has 3 rings (SSSR count). The van der Waals surface area contributed by atoms with E-state index in [2.05, 4.69) is 10.4 Å². The summed E-state index contributed by atoms with van der Waals surface area (Å²) in [7, 11) is 1.41. The van der Waals surface area contributed by atoms with Gasteiger partial charge in [0.15, 0.2) is 0 Å². The van der Waals surface area contributed by atoms with Gasteiger partial charge in [0.2, 0.25) is 0 Å². The molecule has 0 saturated heterocycles. The smallest absolute Gasteiger partial charge is 0.407 e. The molecule has 0 fully saturated rings. The normalized spacial score (nSPS) is 18.5. The summed E-state index contributed by atoms with van der Waals surface area (Å²) in [5.41, 5.74) is 0.254. The summed E-state index contributed by atoms with van der Waals surface area (Å²) in [5.74, 6) is -1.71. The van der Waals surface area contributed by atoms with Crippen LogP contribution in [0.4, 0.5) is 13.6 Å². The van der Waals surface area contributed by atoms with Crippen LogP contribution in [0.15, 0.2) is 53.6 Å². The van der Waals surface area contributed by atoms with Crippen LogP contribution in [0.25, 0.3) is 0 Å². The van der Waals surface area contributed by atoms with E-state index in [0.717, 1.165) is 35.5 Å². The number of amides is 2. The average molecular weight is 520 g/mol. The molecule has 10 heteroatoms. The fourth-order valence-electron chi connectivity index (χ4n) is 3.67. The third-order valence-corrected chi connectivity index (χ3v) is 6.91. The highest BCUT2D eigenvalue weighted by Crippen LogP contribution is 2.51. The zero-order chi connectivity index (χ0) is 26.5. The van der Waals surface area contributed by atoms with Gasteiger partial charge in [-0.05, 0) is 64.3 Å². The average Bonchev–Trinajstić information content (AvgIpc) is 3.22. The summed E-state index contributed by atoms with van der Waals surface area (Å²) in [6.07, 6.45) is -0.687. The monoisotopic (exact) mass is 519 g/mol. The Morgan fingerprint density at radius 1 is 1.17 bits per heavy atom. The molecule has 0 aromatic heterocycles. The molecule has 2 atom stereocenters. The number of hydrogen-bond acceptors (Lipinski definition) is 6. The Morgan fingerprint density at radius 2 is 1.86 bits per heavy atom. The summed E-state index contributed by atoms with van der Waals surface area (Å²) in [4.78, 5) is 24.4. The quantitative estimate of drug-likeness (QED) is 0.473. The van der Waals surface area contributed by atoms with Gasteiger partial charge in [-0.25, -0.2) is 18.6 Å². The highest BCUT2D eigenvalue weighted by atomic mass is 32.2. The van der Waals surface area contributed by atoms with Crippen molar-refractivity contribution in [2.75, 3.05) is 13.7 Å². The van der Waals surface area contributed by atoms with Crippen LogP contribution in [-0.4, -0.2) is 47.4 Å².